The lowest BCUT2D eigenvalue weighted by Gasteiger charge is -2.34. The van der Waals surface area contributed by atoms with Crippen molar-refractivity contribution in [2.24, 2.45) is 0 Å². The number of hydrogen-bond acceptors (Lipinski definition) is 3. The molecule has 0 radical (unpaired) electrons. The van der Waals surface area contributed by atoms with Crippen LogP contribution in [0.15, 0.2) is 0 Å². The lowest BCUT2D eigenvalue weighted by atomic mass is 10.00. The zero-order valence-electron chi connectivity index (χ0n) is 8.92. The van der Waals surface area contributed by atoms with Gasteiger partial charge in [-0.05, 0) is 26.3 Å². The van der Waals surface area contributed by atoms with E-state index in [1.54, 1.807) is 0 Å². The average Bonchev–Trinajstić information content (AvgIpc) is 2.57. The van der Waals surface area contributed by atoms with Gasteiger partial charge in [0.1, 0.15) is 0 Å². The summed E-state index contributed by atoms with van der Waals surface area (Å²) in [7, 11) is -0.540. The fourth-order valence-corrected chi connectivity index (χ4v) is 3.55. The number of nitrogens with one attached hydrogen (secondary N) is 1. The topological polar surface area (TPSA) is 32.3 Å². The van der Waals surface area contributed by atoms with Crippen LogP contribution in [-0.4, -0.2) is 52.3 Å². The molecule has 0 spiro atoms. The molecule has 2 fully saturated rings. The van der Waals surface area contributed by atoms with Crippen LogP contribution in [0.3, 0.4) is 0 Å². The van der Waals surface area contributed by atoms with Gasteiger partial charge in [-0.3, -0.25) is 9.11 Å². The first-order valence-electron chi connectivity index (χ1n) is 5.50. The van der Waals surface area contributed by atoms with Gasteiger partial charge >= 0.3 is 0 Å². The zero-order valence-corrected chi connectivity index (χ0v) is 9.74. The number of rotatable bonds is 2. The Kier molecular flexibility index (Phi) is 3.24. The van der Waals surface area contributed by atoms with Gasteiger partial charge in [0.25, 0.3) is 0 Å². The SMILES string of the molecule is CC1(CN2CCS(=O)CC2)CCCN1. The molecule has 0 aromatic carbocycles. The third-order valence-electron chi connectivity index (χ3n) is 3.30. The summed E-state index contributed by atoms with van der Waals surface area (Å²) in [4.78, 5) is 2.46. The molecule has 82 valence electrons. The highest BCUT2D eigenvalue weighted by atomic mass is 32.2. The summed E-state index contributed by atoms with van der Waals surface area (Å²) in [5.74, 6) is 1.74. The fraction of sp³-hybridized carbons (Fsp3) is 1.00. The van der Waals surface area contributed by atoms with Crippen LogP contribution in [0, 0.1) is 0 Å². The van der Waals surface area contributed by atoms with Crippen LogP contribution in [0.2, 0.25) is 0 Å². The van der Waals surface area contributed by atoms with Gasteiger partial charge in [0, 0.05) is 47.5 Å². The van der Waals surface area contributed by atoms with Crippen LogP contribution >= 0.6 is 0 Å². The fourth-order valence-electron chi connectivity index (χ4n) is 2.42. The van der Waals surface area contributed by atoms with E-state index in [2.05, 4.69) is 17.1 Å². The molecular formula is C10H20N2OS. The molecule has 0 bridgehead atoms. The van der Waals surface area contributed by atoms with Crippen molar-refractivity contribution >= 4 is 10.8 Å². The molecule has 14 heavy (non-hydrogen) atoms. The van der Waals surface area contributed by atoms with Crippen LogP contribution < -0.4 is 5.32 Å². The first-order chi connectivity index (χ1) is 6.68. The third-order valence-corrected chi connectivity index (χ3v) is 4.58. The summed E-state index contributed by atoms with van der Waals surface area (Å²) < 4.78 is 11.2. The van der Waals surface area contributed by atoms with Gasteiger partial charge in [-0.15, -0.1) is 0 Å². The van der Waals surface area contributed by atoms with Gasteiger partial charge in [-0.25, -0.2) is 0 Å². The van der Waals surface area contributed by atoms with E-state index in [0.717, 1.165) is 37.7 Å². The van der Waals surface area contributed by atoms with E-state index >= 15 is 0 Å². The standard InChI is InChI=1S/C10H20N2OS/c1-10(3-2-4-11-10)9-12-5-7-14(13)8-6-12/h11H,2-9H2,1H3. The van der Waals surface area contributed by atoms with Gasteiger partial charge in [0.15, 0.2) is 0 Å². The van der Waals surface area contributed by atoms with E-state index in [1.807, 2.05) is 0 Å². The van der Waals surface area contributed by atoms with Gasteiger partial charge in [-0.1, -0.05) is 0 Å². The van der Waals surface area contributed by atoms with Crippen molar-refractivity contribution in [1.82, 2.24) is 10.2 Å². The summed E-state index contributed by atoms with van der Waals surface area (Å²) in [6.07, 6.45) is 2.59. The van der Waals surface area contributed by atoms with E-state index < -0.39 is 10.8 Å². The number of nitrogens with zero attached hydrogens (tertiary/aromatic N) is 1. The maximum absolute atomic E-state index is 11.2. The minimum absolute atomic E-state index is 0.318. The maximum Gasteiger partial charge on any atom is 0.0363 e. The summed E-state index contributed by atoms with van der Waals surface area (Å²) in [5.41, 5.74) is 0.318. The highest BCUT2D eigenvalue weighted by molar-refractivity contribution is 7.85. The third kappa shape index (κ3) is 2.55. The molecule has 0 saturated carbocycles. The second kappa shape index (κ2) is 4.29. The van der Waals surface area contributed by atoms with Gasteiger partial charge in [0.05, 0.1) is 0 Å². The Labute approximate surface area is 88.7 Å². The highest BCUT2D eigenvalue weighted by Gasteiger charge is 2.31. The largest absolute Gasteiger partial charge is 0.310 e. The van der Waals surface area contributed by atoms with Gasteiger partial charge < -0.3 is 5.32 Å². The summed E-state index contributed by atoms with van der Waals surface area (Å²) >= 11 is 0. The molecule has 0 aromatic heterocycles. The number of hydrogen-bond donors (Lipinski definition) is 1. The quantitative estimate of drug-likeness (QED) is 0.715. The molecule has 2 heterocycles. The Morgan fingerprint density at radius 2 is 2.14 bits per heavy atom. The Hall–Kier alpha value is 0.0700. The van der Waals surface area contributed by atoms with Crippen LogP contribution in [0.5, 0.6) is 0 Å². The van der Waals surface area contributed by atoms with E-state index in [9.17, 15) is 4.21 Å². The van der Waals surface area contributed by atoms with E-state index in [-0.39, 0.29) is 0 Å². The van der Waals surface area contributed by atoms with E-state index in [1.165, 1.54) is 12.8 Å². The van der Waals surface area contributed by atoms with Crippen molar-refractivity contribution < 1.29 is 4.21 Å². The lowest BCUT2D eigenvalue weighted by molar-refractivity contribution is 0.218. The van der Waals surface area contributed by atoms with Crippen molar-refractivity contribution in [3.8, 4) is 0 Å². The minimum atomic E-state index is -0.540. The predicted molar refractivity (Wildman–Crippen MR) is 60.0 cm³/mol. The molecule has 2 aliphatic rings. The Morgan fingerprint density at radius 3 is 2.71 bits per heavy atom. The van der Waals surface area contributed by atoms with Crippen LogP contribution in [0.1, 0.15) is 19.8 Å². The molecule has 2 rings (SSSR count). The Balaban J connectivity index is 1.82. The second-order valence-corrected chi connectivity index (χ2v) is 6.41. The van der Waals surface area contributed by atoms with E-state index in [4.69, 9.17) is 0 Å². The van der Waals surface area contributed by atoms with Crippen LogP contribution in [-0.2, 0) is 10.8 Å². The molecule has 0 aliphatic carbocycles. The second-order valence-electron chi connectivity index (χ2n) is 4.72. The lowest BCUT2D eigenvalue weighted by Crippen LogP contribution is -2.50. The van der Waals surface area contributed by atoms with Crippen LogP contribution in [0.4, 0.5) is 0 Å². The zero-order chi connectivity index (χ0) is 10.0. The summed E-state index contributed by atoms with van der Waals surface area (Å²) in [6.45, 7) is 6.64. The summed E-state index contributed by atoms with van der Waals surface area (Å²) in [5, 5.41) is 3.57. The highest BCUT2D eigenvalue weighted by Crippen LogP contribution is 2.20. The molecule has 0 aromatic rings. The molecule has 0 amide bonds. The molecule has 4 heteroatoms. The Morgan fingerprint density at radius 1 is 1.43 bits per heavy atom. The van der Waals surface area contributed by atoms with Crippen molar-refractivity contribution in [1.29, 1.82) is 0 Å². The molecule has 1 unspecified atom stereocenters. The molecule has 2 aliphatic heterocycles. The monoisotopic (exact) mass is 216 g/mol. The average molecular weight is 216 g/mol. The van der Waals surface area contributed by atoms with Crippen molar-refractivity contribution in [2.45, 2.75) is 25.3 Å². The molecule has 1 N–H and O–H groups in total. The summed E-state index contributed by atoms with van der Waals surface area (Å²) in [6, 6.07) is 0. The first kappa shape index (κ1) is 10.6. The molecule has 3 nitrogen and oxygen atoms in total. The molecule has 2 saturated heterocycles. The van der Waals surface area contributed by atoms with Gasteiger partial charge in [-0.2, -0.15) is 0 Å². The van der Waals surface area contributed by atoms with Crippen molar-refractivity contribution in [3.05, 3.63) is 0 Å². The molecule has 1 atom stereocenters. The van der Waals surface area contributed by atoms with Gasteiger partial charge in [0.2, 0.25) is 0 Å². The maximum atomic E-state index is 11.2. The van der Waals surface area contributed by atoms with Crippen molar-refractivity contribution in [3.63, 3.8) is 0 Å². The molecular weight excluding hydrogens is 196 g/mol. The van der Waals surface area contributed by atoms with E-state index in [0.29, 0.717) is 5.54 Å². The predicted octanol–water partition coefficient (Wildman–Crippen LogP) is 0.193. The van der Waals surface area contributed by atoms with Crippen molar-refractivity contribution in [2.75, 3.05) is 37.7 Å². The minimum Gasteiger partial charge on any atom is -0.310 e. The first-order valence-corrected chi connectivity index (χ1v) is 6.99. The Bertz CT molecular complexity index is 216. The smallest absolute Gasteiger partial charge is 0.0363 e. The normalized spacial score (nSPS) is 36.4. The van der Waals surface area contributed by atoms with Crippen LogP contribution in [0.25, 0.3) is 0 Å².